The van der Waals surface area contributed by atoms with Gasteiger partial charge in [0.1, 0.15) is 0 Å². The number of carbonyl (C=O) groups is 1. The van der Waals surface area contributed by atoms with Crippen molar-refractivity contribution in [1.82, 2.24) is 4.90 Å². The average molecular weight is 565 g/mol. The molecule has 0 saturated carbocycles. The number of aryl methyl sites for hydroxylation is 2. The van der Waals surface area contributed by atoms with Crippen molar-refractivity contribution in [3.8, 4) is 0 Å². The third-order valence-electron chi connectivity index (χ3n) is 6.49. The smallest absolute Gasteiger partial charge is 0.219 e. The Bertz CT molecular complexity index is 1170. The summed E-state index contributed by atoms with van der Waals surface area (Å²) < 4.78 is 1.34. The maximum Gasteiger partial charge on any atom is 0.219 e. The quantitative estimate of drug-likeness (QED) is 0.361. The number of amides is 1. The van der Waals surface area contributed by atoms with Crippen molar-refractivity contribution in [3.63, 3.8) is 0 Å². The number of hydrogen-bond acceptors (Lipinski definition) is 4. The van der Waals surface area contributed by atoms with E-state index in [0.717, 1.165) is 43.8 Å². The lowest BCUT2D eigenvalue weighted by Crippen LogP contribution is -2.48. The van der Waals surface area contributed by atoms with Gasteiger partial charge in [-0.15, -0.1) is 0 Å². The van der Waals surface area contributed by atoms with Gasteiger partial charge in [-0.05, 0) is 76.9 Å². The summed E-state index contributed by atoms with van der Waals surface area (Å²) in [7, 11) is 2.13. The van der Waals surface area contributed by atoms with Gasteiger partial charge >= 0.3 is 0 Å². The Morgan fingerprint density at radius 3 is 2.50 bits per heavy atom. The molecule has 1 unspecified atom stereocenters. The molecule has 172 valence electrons. The first-order chi connectivity index (χ1) is 15.3. The van der Waals surface area contributed by atoms with Crippen molar-refractivity contribution < 1.29 is 4.79 Å². The highest BCUT2D eigenvalue weighted by atomic mass is 127. The standard InChI is InChI=1S/C25H33IN4OS/c1-6-7-8-28(5)20-13-17(2)24-22(15-20)32(26)23-16-21(14-18(3)25(23)27-24)30-11-9-29(10-12-30)19(4)31/h13-16H,6-12H2,1-5H3. The lowest BCUT2D eigenvalue weighted by Gasteiger charge is -2.36. The van der Waals surface area contributed by atoms with E-state index >= 15 is 0 Å². The number of benzene rings is 2. The fourth-order valence-electron chi connectivity index (χ4n) is 4.45. The van der Waals surface area contributed by atoms with Crippen LogP contribution in [0.15, 0.2) is 34.2 Å². The first-order valence-corrected chi connectivity index (χ1v) is 15.2. The van der Waals surface area contributed by atoms with E-state index in [1.54, 1.807) is 6.92 Å². The van der Waals surface area contributed by atoms with Crippen LogP contribution < -0.4 is 15.2 Å². The van der Waals surface area contributed by atoms with E-state index in [4.69, 9.17) is 4.99 Å². The molecule has 2 heterocycles. The zero-order chi connectivity index (χ0) is 23.0. The van der Waals surface area contributed by atoms with E-state index in [-0.39, 0.29) is 13.6 Å². The summed E-state index contributed by atoms with van der Waals surface area (Å²) in [5.41, 5.74) is 6.16. The monoisotopic (exact) mass is 564 g/mol. The Hall–Kier alpha value is -1.61. The van der Waals surface area contributed by atoms with Crippen molar-refractivity contribution in [2.75, 3.05) is 49.6 Å². The van der Waals surface area contributed by atoms with E-state index in [2.05, 4.69) is 83.1 Å². The molecular weight excluding hydrogens is 531 g/mol. The molecule has 0 N–H and O–H groups in total. The van der Waals surface area contributed by atoms with Crippen molar-refractivity contribution >= 4 is 51.8 Å². The molecule has 2 aromatic carbocycles. The largest absolute Gasteiger partial charge is 0.375 e. The molecule has 7 heteroatoms. The number of nitrogens with zero attached hydrogens (tertiary/aromatic N) is 4. The molecule has 5 nitrogen and oxygen atoms in total. The molecule has 32 heavy (non-hydrogen) atoms. The van der Waals surface area contributed by atoms with Crippen LogP contribution in [0.5, 0.6) is 0 Å². The van der Waals surface area contributed by atoms with Crippen LogP contribution in [0.25, 0.3) is 0 Å². The summed E-state index contributed by atoms with van der Waals surface area (Å²) in [5, 5.41) is 1.15. The zero-order valence-electron chi connectivity index (χ0n) is 19.7. The van der Waals surface area contributed by atoms with Gasteiger partial charge in [-0.1, -0.05) is 21.0 Å². The van der Waals surface area contributed by atoms with Crippen LogP contribution in [0.4, 0.5) is 17.1 Å². The summed E-state index contributed by atoms with van der Waals surface area (Å²) in [6.45, 7) is 12.7. The highest BCUT2D eigenvalue weighted by Gasteiger charge is 2.22. The topological polar surface area (TPSA) is 39.1 Å². The molecule has 4 rings (SSSR count). The molecule has 0 aromatic heterocycles. The van der Waals surface area contributed by atoms with Crippen molar-refractivity contribution in [2.45, 2.75) is 45.4 Å². The molecule has 0 aliphatic carbocycles. The summed E-state index contributed by atoms with van der Waals surface area (Å²) in [6, 6.07) is 9.26. The summed E-state index contributed by atoms with van der Waals surface area (Å²) >= 11 is 2.62. The predicted molar refractivity (Wildman–Crippen MR) is 145 cm³/mol. The molecule has 2 aliphatic rings. The number of anilines is 2. The highest BCUT2D eigenvalue weighted by molar-refractivity contribution is 14.2. The van der Waals surface area contributed by atoms with E-state index in [0.29, 0.717) is 0 Å². The number of fused-ring (bicyclic) bond motifs is 2. The van der Waals surface area contributed by atoms with Gasteiger partial charge in [0.25, 0.3) is 0 Å². The molecule has 0 radical (unpaired) electrons. The van der Waals surface area contributed by atoms with Crippen LogP contribution in [0.3, 0.4) is 0 Å². The number of carbonyl (C=O) groups excluding carboxylic acids is 1. The second-order valence-corrected chi connectivity index (χ2v) is 12.9. The minimum absolute atomic E-state index is 0.0638. The van der Waals surface area contributed by atoms with Crippen LogP contribution >= 0.6 is 28.9 Å². The Morgan fingerprint density at radius 2 is 1.84 bits per heavy atom. The fraction of sp³-hybridized carbons (Fsp3) is 0.480. The van der Waals surface area contributed by atoms with Gasteiger partial charge in [0, 0.05) is 67.5 Å². The molecule has 2 aromatic rings. The highest BCUT2D eigenvalue weighted by Crippen LogP contribution is 2.48. The van der Waals surface area contributed by atoms with Gasteiger partial charge in [-0.2, -0.15) is 0 Å². The zero-order valence-corrected chi connectivity index (χ0v) is 22.7. The normalized spacial score (nSPS) is 17.5. The number of hydrogen-bond donors (Lipinski definition) is 0. The predicted octanol–water partition coefficient (Wildman–Crippen LogP) is 5.40. The van der Waals surface area contributed by atoms with E-state index in [1.807, 2.05) is 4.90 Å². The van der Waals surface area contributed by atoms with Gasteiger partial charge in [-0.3, -0.25) is 4.79 Å². The van der Waals surface area contributed by atoms with Crippen LogP contribution in [0, 0.1) is 18.4 Å². The molecule has 0 spiro atoms. The molecule has 2 aliphatic heterocycles. The Balaban J connectivity index is 1.74. The van der Waals surface area contributed by atoms with Crippen LogP contribution in [0.2, 0.25) is 0 Å². The Morgan fingerprint density at radius 1 is 1.12 bits per heavy atom. The van der Waals surface area contributed by atoms with Crippen molar-refractivity contribution in [3.05, 3.63) is 45.3 Å². The SMILES string of the molecule is CCCCN(C)c1cc(C)c2c(c1)=S(I)c1cc(N3CCN(C(C)=O)CC3)cc(C)c1N=2. The average Bonchev–Trinajstić information content (AvgIpc) is 2.78. The second-order valence-electron chi connectivity index (χ2n) is 8.86. The maximum absolute atomic E-state index is 11.7. The summed E-state index contributed by atoms with van der Waals surface area (Å²) in [6.07, 6.45) is 2.41. The lowest BCUT2D eigenvalue weighted by atomic mass is 10.1. The molecule has 1 saturated heterocycles. The minimum Gasteiger partial charge on any atom is -0.375 e. The maximum atomic E-state index is 11.7. The molecule has 1 fully saturated rings. The van der Waals surface area contributed by atoms with E-state index in [9.17, 15) is 4.79 Å². The molecule has 1 atom stereocenters. The number of unbranched alkanes of at least 4 members (excludes halogenated alkanes) is 1. The van der Waals surface area contributed by atoms with Crippen LogP contribution in [-0.4, -0.2) is 50.6 Å². The van der Waals surface area contributed by atoms with Crippen LogP contribution in [0.1, 0.15) is 37.8 Å². The fourth-order valence-corrected chi connectivity index (χ4v) is 7.91. The van der Waals surface area contributed by atoms with Crippen molar-refractivity contribution in [2.24, 2.45) is 4.99 Å². The van der Waals surface area contributed by atoms with Gasteiger partial charge in [0.05, 0.1) is 11.0 Å². The number of rotatable bonds is 5. The molecular formula is C25H33IN4OS. The first kappa shape index (κ1) is 23.5. The van der Waals surface area contributed by atoms with E-state index < -0.39 is 0 Å². The number of piperazine rings is 1. The van der Waals surface area contributed by atoms with Gasteiger partial charge in [0.15, 0.2) is 0 Å². The third-order valence-corrected chi connectivity index (χ3v) is 10.7. The Labute approximate surface area is 206 Å². The molecule has 0 bridgehead atoms. The van der Waals surface area contributed by atoms with Gasteiger partial charge in [-0.25, -0.2) is 4.99 Å². The van der Waals surface area contributed by atoms with Gasteiger partial charge in [0.2, 0.25) is 5.91 Å². The second kappa shape index (κ2) is 9.71. The van der Waals surface area contributed by atoms with Crippen molar-refractivity contribution in [1.29, 1.82) is 0 Å². The van der Waals surface area contributed by atoms with E-state index in [1.165, 1.54) is 44.7 Å². The van der Waals surface area contributed by atoms with Crippen LogP contribution in [-0.2, 0) is 4.79 Å². The Kier molecular flexibility index (Phi) is 7.14. The van der Waals surface area contributed by atoms with Gasteiger partial charge < -0.3 is 14.7 Å². The summed E-state index contributed by atoms with van der Waals surface area (Å²) in [4.78, 5) is 24.9. The summed E-state index contributed by atoms with van der Waals surface area (Å²) in [5.74, 6) is 0.172. The number of halogens is 1. The third kappa shape index (κ3) is 4.55. The molecule has 1 amide bonds. The lowest BCUT2D eigenvalue weighted by molar-refractivity contribution is -0.129. The minimum atomic E-state index is -0.0638. The first-order valence-electron chi connectivity index (χ1n) is 11.4.